The molecular weight excluding hydrogens is 1070 g/mol. The van der Waals surface area contributed by atoms with Gasteiger partial charge in [-0.3, -0.25) is 57.7 Å². The second kappa shape index (κ2) is 36.3. The van der Waals surface area contributed by atoms with Crippen LogP contribution in [0.2, 0.25) is 0 Å². The third-order valence-electron chi connectivity index (χ3n) is 11.8. The Morgan fingerprint density at radius 3 is 1.32 bits per heavy atom. The molecule has 0 aliphatic heterocycles. The van der Waals surface area contributed by atoms with Crippen molar-refractivity contribution in [3.05, 3.63) is 35.9 Å². The number of nitrogens with zero attached hydrogens (tertiary/aromatic N) is 1. The zero-order valence-corrected chi connectivity index (χ0v) is 46.6. The van der Waals surface area contributed by atoms with Gasteiger partial charge in [0.15, 0.2) is 5.96 Å². The lowest BCUT2D eigenvalue weighted by atomic mass is 10.0. The molecule has 1 aromatic rings. The molecule has 1 rings (SSSR count). The average molecular weight is 1150 g/mol. The van der Waals surface area contributed by atoms with Gasteiger partial charge in [-0.1, -0.05) is 71.9 Å². The van der Waals surface area contributed by atoms with Gasteiger partial charge >= 0.3 is 5.97 Å². The van der Waals surface area contributed by atoms with Gasteiger partial charge in [0.2, 0.25) is 65.0 Å². The van der Waals surface area contributed by atoms with Crippen LogP contribution < -0.4 is 76.1 Å². The Bertz CT molecular complexity index is 2340. The van der Waals surface area contributed by atoms with E-state index in [0.717, 1.165) is 0 Å². The predicted molar refractivity (Wildman–Crippen MR) is 291 cm³/mol. The number of amides is 11. The lowest BCUT2D eigenvalue weighted by Crippen LogP contribution is -2.62. The fourth-order valence-corrected chi connectivity index (χ4v) is 7.56. The number of nitrogens with two attached hydrogens (primary N) is 4. The summed E-state index contributed by atoms with van der Waals surface area (Å²) >= 11 is 0. The molecule has 454 valence electrons. The first-order valence-electron chi connectivity index (χ1n) is 26.1. The van der Waals surface area contributed by atoms with E-state index in [9.17, 15) is 78.0 Å². The molecule has 0 heterocycles. The molecule has 0 spiro atoms. The van der Waals surface area contributed by atoms with Gasteiger partial charge in [0, 0.05) is 13.0 Å². The number of aliphatic carboxylic acids is 1. The van der Waals surface area contributed by atoms with Crippen LogP contribution >= 0.6 is 0 Å². The number of carbonyl (C=O) groups excluding carboxylic acids is 11. The molecule has 31 heteroatoms. The van der Waals surface area contributed by atoms with E-state index in [-0.39, 0.29) is 56.4 Å². The highest BCUT2D eigenvalue weighted by Gasteiger charge is 2.36. The highest BCUT2D eigenvalue weighted by atomic mass is 16.4. The highest BCUT2D eigenvalue weighted by molar-refractivity contribution is 5.99. The number of benzene rings is 1. The molecule has 0 aliphatic rings. The van der Waals surface area contributed by atoms with Crippen LogP contribution in [0, 0.1) is 17.8 Å². The number of hydrogen-bond donors (Lipinski definition) is 18. The van der Waals surface area contributed by atoms with Gasteiger partial charge in [-0.25, -0.2) is 4.79 Å². The molecular formula is C50H83N15O16. The van der Waals surface area contributed by atoms with E-state index in [1.165, 1.54) is 20.8 Å². The quantitative estimate of drug-likeness (QED) is 0.0167. The molecule has 10 atom stereocenters. The number of aliphatic hydroxyl groups is 3. The lowest BCUT2D eigenvalue weighted by Gasteiger charge is -2.28. The van der Waals surface area contributed by atoms with Crippen LogP contribution in [0.3, 0.4) is 0 Å². The third kappa shape index (κ3) is 26.7. The second-order valence-electron chi connectivity index (χ2n) is 20.2. The normalized spacial score (nSPS) is 14.8. The summed E-state index contributed by atoms with van der Waals surface area (Å²) in [7, 11) is 0. The first-order valence-corrected chi connectivity index (χ1v) is 26.1. The number of aliphatic hydroxyl groups excluding tert-OH is 3. The van der Waals surface area contributed by atoms with E-state index >= 15 is 0 Å². The minimum atomic E-state index is -1.78. The molecule has 0 fully saturated rings. The summed E-state index contributed by atoms with van der Waals surface area (Å²) in [4.78, 5) is 161. The van der Waals surface area contributed by atoms with E-state index in [2.05, 4.69) is 58.2 Å². The second-order valence-corrected chi connectivity index (χ2v) is 20.2. The Labute approximate surface area is 468 Å². The van der Waals surface area contributed by atoms with Crippen LogP contribution in [0.5, 0.6) is 0 Å². The SMILES string of the molecule is CC(C)C[C@H](NC(=O)[C@H](Cc1ccccc1)NC(=O)CN)C(=O)N[C@@H](CO)C(=O)N[C@@H](CO)C(=O)N[C@@H](C)C(=O)N[C@H](C(=O)N[C@@H](CO)C(=O)N[C@@H](CC(C)C)C(=O)N[C@@H](CC(N)=O)C(=O)N[C@@H](CCCN=C(N)N)C(=O)O)C(C)C. The molecule has 11 amide bonds. The Morgan fingerprint density at radius 2 is 0.901 bits per heavy atom. The van der Waals surface area contributed by atoms with Crippen LogP contribution in [0.1, 0.15) is 86.1 Å². The minimum Gasteiger partial charge on any atom is -0.480 e. The molecule has 0 radical (unpaired) electrons. The maximum absolute atomic E-state index is 13.6. The largest absolute Gasteiger partial charge is 0.480 e. The van der Waals surface area contributed by atoms with Crippen molar-refractivity contribution in [2.75, 3.05) is 32.9 Å². The van der Waals surface area contributed by atoms with Crippen LogP contribution in [-0.4, -0.2) is 191 Å². The van der Waals surface area contributed by atoms with Crippen molar-refractivity contribution in [2.45, 2.75) is 147 Å². The lowest BCUT2D eigenvalue weighted by molar-refractivity contribution is -0.142. The number of aliphatic imine (C=N–C) groups is 1. The maximum Gasteiger partial charge on any atom is 0.326 e. The maximum atomic E-state index is 13.6. The highest BCUT2D eigenvalue weighted by Crippen LogP contribution is 2.11. The van der Waals surface area contributed by atoms with E-state index < -0.39 is 170 Å². The van der Waals surface area contributed by atoms with Crippen molar-refractivity contribution in [1.29, 1.82) is 0 Å². The van der Waals surface area contributed by atoms with Gasteiger partial charge in [-0.15, -0.1) is 0 Å². The molecule has 0 saturated heterocycles. The average Bonchev–Trinajstić information content (AvgIpc) is 3.39. The number of carbonyl (C=O) groups is 12. The van der Waals surface area contributed by atoms with Gasteiger partial charge in [-0.2, -0.15) is 0 Å². The van der Waals surface area contributed by atoms with Crippen LogP contribution in [-0.2, 0) is 64.0 Å². The molecule has 0 aromatic heterocycles. The Morgan fingerprint density at radius 1 is 0.494 bits per heavy atom. The van der Waals surface area contributed by atoms with Crippen molar-refractivity contribution in [1.82, 2.24) is 53.2 Å². The summed E-state index contributed by atoms with van der Waals surface area (Å²) < 4.78 is 0. The molecule has 1 aromatic carbocycles. The van der Waals surface area contributed by atoms with Gasteiger partial charge in [-0.05, 0) is 55.9 Å². The number of guanidine groups is 1. The molecule has 81 heavy (non-hydrogen) atoms. The van der Waals surface area contributed by atoms with Crippen molar-refractivity contribution < 1.29 is 78.0 Å². The fourth-order valence-electron chi connectivity index (χ4n) is 7.56. The van der Waals surface area contributed by atoms with Crippen molar-refractivity contribution >= 4 is 76.9 Å². The van der Waals surface area contributed by atoms with Gasteiger partial charge in [0.1, 0.15) is 60.4 Å². The standard InChI is InChI=1S/C50H83N15O16/c1-24(2)16-30(41(72)61-33(19-37(52)69)44(75)58-29(49(80)81)14-11-15-55-50(53)54)60-46(77)36(23-68)64-48(79)39(26(5)6)65-40(71)27(7)56-45(76)34(21-66)63-47(78)35(22-67)62-42(73)31(17-25(3)4)59-43(74)32(57-38(70)20-51)18-28-12-9-8-10-13-28/h8-10,12-13,24-27,29-36,39,66-68H,11,14-23,51H2,1-7H3,(H2,52,69)(H,56,76)(H,57,70)(H,58,75)(H,59,74)(H,60,77)(H,61,72)(H,62,73)(H,63,78)(H,64,79)(H,65,71)(H,80,81)(H4,53,54,55)/t27-,29-,30-,31-,32-,33-,34-,35-,36-,39-/m0/s1. The summed E-state index contributed by atoms with van der Waals surface area (Å²) in [6, 6.07) is -6.67. The van der Waals surface area contributed by atoms with Crippen molar-refractivity contribution in [2.24, 2.45) is 45.7 Å². The van der Waals surface area contributed by atoms with Crippen LogP contribution in [0.15, 0.2) is 35.3 Å². The summed E-state index contributed by atoms with van der Waals surface area (Å²) in [5, 5.41) is 63.7. The summed E-state index contributed by atoms with van der Waals surface area (Å²) in [6.45, 7) is 7.55. The number of hydrogen-bond acceptors (Lipinski definition) is 17. The molecule has 0 bridgehead atoms. The monoisotopic (exact) mass is 1150 g/mol. The number of carboxylic acids is 1. The van der Waals surface area contributed by atoms with E-state index in [4.69, 9.17) is 22.9 Å². The topological polar surface area (TPSA) is 522 Å². The van der Waals surface area contributed by atoms with Crippen molar-refractivity contribution in [3.8, 4) is 0 Å². The number of carboxylic acid groups (broad SMARTS) is 1. The number of nitrogens with one attached hydrogen (secondary N) is 10. The predicted octanol–water partition coefficient (Wildman–Crippen LogP) is -7.21. The van der Waals surface area contributed by atoms with Crippen molar-refractivity contribution in [3.63, 3.8) is 0 Å². The molecule has 0 saturated carbocycles. The molecule has 0 aliphatic carbocycles. The van der Waals surface area contributed by atoms with E-state index in [1.807, 2.05) is 0 Å². The van der Waals surface area contributed by atoms with Gasteiger partial charge in [0.25, 0.3) is 0 Å². The molecule has 22 N–H and O–H groups in total. The van der Waals surface area contributed by atoms with E-state index in [0.29, 0.717) is 5.56 Å². The van der Waals surface area contributed by atoms with Gasteiger partial charge in [0.05, 0.1) is 32.8 Å². The van der Waals surface area contributed by atoms with Crippen LogP contribution in [0.4, 0.5) is 0 Å². The summed E-state index contributed by atoms with van der Waals surface area (Å²) in [5.74, 6) is -13.8. The molecule has 0 unspecified atom stereocenters. The zero-order valence-electron chi connectivity index (χ0n) is 46.6. The summed E-state index contributed by atoms with van der Waals surface area (Å²) in [6.07, 6.45) is -0.833. The first kappa shape index (κ1) is 71.0. The van der Waals surface area contributed by atoms with E-state index in [1.54, 1.807) is 58.0 Å². The zero-order chi connectivity index (χ0) is 61.7. The smallest absolute Gasteiger partial charge is 0.326 e. The Hall–Kier alpha value is -8.03. The Kier molecular flexibility index (Phi) is 31.8. The van der Waals surface area contributed by atoms with Crippen LogP contribution in [0.25, 0.3) is 0 Å². The Balaban J connectivity index is 3.12. The number of rotatable bonds is 37. The molecule has 31 nitrogen and oxygen atoms in total. The van der Waals surface area contributed by atoms with Gasteiger partial charge < -0.3 is 96.5 Å². The summed E-state index contributed by atoms with van der Waals surface area (Å²) in [5.41, 5.74) is 22.0. The first-order chi connectivity index (χ1) is 38.0. The minimum absolute atomic E-state index is 0.0334. The fraction of sp³-hybridized carbons (Fsp3) is 0.620. The number of primary amides is 1. The third-order valence-corrected chi connectivity index (χ3v) is 11.8.